The minimum absolute atomic E-state index is 0.317. The molecule has 0 atom stereocenters. The zero-order valence-electron chi connectivity index (χ0n) is 19.4. The molecule has 168 valence electrons. The maximum absolute atomic E-state index is 6.37. The molecule has 1 aromatic heterocycles. The van der Waals surface area contributed by atoms with Crippen LogP contribution in [0.25, 0.3) is 0 Å². The van der Waals surface area contributed by atoms with Gasteiger partial charge in [0, 0.05) is 26.2 Å². The van der Waals surface area contributed by atoms with E-state index in [1.54, 1.807) is 0 Å². The molecule has 1 rings (SSSR count). The van der Waals surface area contributed by atoms with E-state index in [1.165, 1.54) is 51.4 Å². The average Bonchev–Trinajstić information content (AvgIpc) is 2.71. The highest BCUT2D eigenvalue weighted by Gasteiger charge is 2.16. The summed E-state index contributed by atoms with van der Waals surface area (Å²) in [5.74, 6) is 1.51. The van der Waals surface area contributed by atoms with Crippen molar-refractivity contribution in [2.24, 2.45) is 0 Å². The summed E-state index contributed by atoms with van der Waals surface area (Å²) >= 11 is 6.37. The fraction of sp³-hybridized carbons (Fsp3) is 0.870. The van der Waals surface area contributed by atoms with Gasteiger partial charge >= 0.3 is 0 Å². The van der Waals surface area contributed by atoms with Gasteiger partial charge in [-0.15, -0.1) is 0 Å². The van der Waals surface area contributed by atoms with Crippen LogP contribution in [-0.4, -0.2) is 41.1 Å². The number of anilines is 2. The van der Waals surface area contributed by atoms with E-state index < -0.39 is 0 Å². The van der Waals surface area contributed by atoms with Gasteiger partial charge in [0.15, 0.2) is 0 Å². The fourth-order valence-corrected chi connectivity index (χ4v) is 3.60. The zero-order chi connectivity index (χ0) is 21.3. The van der Waals surface area contributed by atoms with Crippen molar-refractivity contribution < 1.29 is 0 Å². The first-order valence-electron chi connectivity index (χ1n) is 12.1. The summed E-state index contributed by atoms with van der Waals surface area (Å²) < 4.78 is 0. The Hall–Kier alpha value is -1.10. The van der Waals surface area contributed by atoms with Crippen LogP contribution >= 0.6 is 11.6 Å². The van der Waals surface area contributed by atoms with E-state index in [2.05, 4.69) is 47.5 Å². The monoisotopic (exact) mass is 425 g/mol. The van der Waals surface area contributed by atoms with E-state index in [-0.39, 0.29) is 0 Å². The van der Waals surface area contributed by atoms with Crippen LogP contribution in [0.4, 0.5) is 11.9 Å². The maximum atomic E-state index is 6.37. The molecule has 0 aliphatic carbocycles. The Bertz CT molecular complexity index is 464. The normalized spacial score (nSPS) is 11.1. The van der Waals surface area contributed by atoms with Crippen LogP contribution in [0.15, 0.2) is 0 Å². The minimum Gasteiger partial charge on any atom is -0.341 e. The highest BCUT2D eigenvalue weighted by molar-refractivity contribution is 6.28. The highest BCUT2D eigenvalue weighted by atomic mass is 35.5. The Morgan fingerprint density at radius 2 is 0.828 bits per heavy atom. The van der Waals surface area contributed by atoms with Crippen molar-refractivity contribution in [3.63, 3.8) is 0 Å². The van der Waals surface area contributed by atoms with Gasteiger partial charge in [-0.1, -0.05) is 79.1 Å². The Morgan fingerprint density at radius 1 is 0.517 bits per heavy atom. The molecule has 0 saturated heterocycles. The summed E-state index contributed by atoms with van der Waals surface area (Å²) in [6, 6.07) is 0. The number of rotatable bonds is 18. The quantitative estimate of drug-likeness (QED) is 0.239. The molecule has 6 heteroatoms. The molecule has 0 bridgehead atoms. The van der Waals surface area contributed by atoms with E-state index in [1.807, 2.05) is 0 Å². The molecule has 0 aliphatic rings. The van der Waals surface area contributed by atoms with Crippen molar-refractivity contribution in [2.45, 2.75) is 105 Å². The minimum atomic E-state index is 0.317. The number of hydrogen-bond acceptors (Lipinski definition) is 5. The van der Waals surface area contributed by atoms with E-state index >= 15 is 0 Å². The number of aromatic nitrogens is 3. The van der Waals surface area contributed by atoms with Crippen LogP contribution in [0.5, 0.6) is 0 Å². The smallest absolute Gasteiger partial charge is 0.231 e. The van der Waals surface area contributed by atoms with Gasteiger partial charge < -0.3 is 9.80 Å². The summed E-state index contributed by atoms with van der Waals surface area (Å²) in [4.78, 5) is 18.5. The summed E-state index contributed by atoms with van der Waals surface area (Å²) in [7, 11) is 0. The van der Waals surface area contributed by atoms with Gasteiger partial charge in [0.25, 0.3) is 0 Å². The number of hydrogen-bond donors (Lipinski definition) is 0. The molecule has 0 amide bonds. The summed E-state index contributed by atoms with van der Waals surface area (Å²) in [5, 5.41) is 0.317. The molecule has 0 aromatic carbocycles. The molecule has 0 N–H and O–H groups in total. The van der Waals surface area contributed by atoms with Gasteiger partial charge in [0.05, 0.1) is 0 Å². The second-order valence-corrected chi connectivity index (χ2v) is 8.35. The van der Waals surface area contributed by atoms with Crippen molar-refractivity contribution in [1.82, 2.24) is 15.0 Å². The molecular formula is C23H44ClN5. The molecule has 5 nitrogen and oxygen atoms in total. The van der Waals surface area contributed by atoms with Crippen molar-refractivity contribution in [3.05, 3.63) is 5.28 Å². The first kappa shape index (κ1) is 25.9. The third-order valence-corrected chi connectivity index (χ3v) is 5.45. The van der Waals surface area contributed by atoms with Crippen molar-refractivity contribution in [3.8, 4) is 0 Å². The third kappa shape index (κ3) is 11.0. The Kier molecular flexibility index (Phi) is 14.9. The second kappa shape index (κ2) is 16.7. The Labute approximate surface area is 184 Å². The predicted molar refractivity (Wildman–Crippen MR) is 127 cm³/mol. The molecule has 0 saturated carbocycles. The molecule has 0 spiro atoms. The van der Waals surface area contributed by atoms with E-state index in [4.69, 9.17) is 16.6 Å². The second-order valence-electron chi connectivity index (χ2n) is 8.01. The molecule has 0 fully saturated rings. The fourth-order valence-electron chi connectivity index (χ4n) is 3.45. The Morgan fingerprint density at radius 3 is 1.10 bits per heavy atom. The van der Waals surface area contributed by atoms with Gasteiger partial charge in [-0.05, 0) is 37.3 Å². The number of nitrogens with zero attached hydrogens (tertiary/aromatic N) is 5. The largest absolute Gasteiger partial charge is 0.341 e. The first-order chi connectivity index (χ1) is 14.2. The lowest BCUT2D eigenvalue weighted by atomic mass is 10.2. The SMILES string of the molecule is CCCCCN(CCCCC)c1nc(Cl)nc(N(CCCCC)CCCCC)n1. The van der Waals surface area contributed by atoms with Crippen LogP contribution in [0, 0.1) is 0 Å². The standard InChI is InChI=1S/C23H44ClN5/c1-5-9-13-17-28(18-14-10-6-2)22-25-21(24)26-23(27-22)29(19-15-11-7-3)20-16-12-8-4/h5-20H2,1-4H3. The predicted octanol–water partition coefficient (Wildman–Crippen LogP) is 6.90. The third-order valence-electron chi connectivity index (χ3n) is 5.28. The van der Waals surface area contributed by atoms with Crippen LogP contribution in [0.3, 0.4) is 0 Å². The lowest BCUT2D eigenvalue weighted by molar-refractivity contribution is 0.613. The number of unbranched alkanes of at least 4 members (excludes halogenated alkanes) is 8. The van der Waals surface area contributed by atoms with Crippen molar-refractivity contribution in [1.29, 1.82) is 0 Å². The first-order valence-corrected chi connectivity index (χ1v) is 12.4. The maximum Gasteiger partial charge on any atom is 0.231 e. The van der Waals surface area contributed by atoms with Crippen LogP contribution in [-0.2, 0) is 0 Å². The van der Waals surface area contributed by atoms with Crippen molar-refractivity contribution in [2.75, 3.05) is 36.0 Å². The molecule has 1 aromatic rings. The van der Waals surface area contributed by atoms with Crippen molar-refractivity contribution >= 4 is 23.5 Å². The van der Waals surface area contributed by atoms with Gasteiger partial charge in [-0.2, -0.15) is 15.0 Å². The average molecular weight is 426 g/mol. The van der Waals surface area contributed by atoms with Gasteiger partial charge in [0.1, 0.15) is 0 Å². The molecule has 29 heavy (non-hydrogen) atoms. The summed E-state index contributed by atoms with van der Waals surface area (Å²) in [6.07, 6.45) is 14.5. The molecule has 1 heterocycles. The topological polar surface area (TPSA) is 45.2 Å². The van der Waals surface area contributed by atoms with E-state index in [0.717, 1.165) is 63.8 Å². The van der Waals surface area contributed by atoms with E-state index in [9.17, 15) is 0 Å². The highest BCUT2D eigenvalue weighted by Crippen LogP contribution is 2.20. The lowest BCUT2D eigenvalue weighted by Gasteiger charge is -2.26. The zero-order valence-corrected chi connectivity index (χ0v) is 20.2. The van der Waals surface area contributed by atoms with Gasteiger partial charge in [-0.3, -0.25) is 0 Å². The Balaban J connectivity index is 2.98. The van der Waals surface area contributed by atoms with Crippen LogP contribution < -0.4 is 9.80 Å². The molecule has 0 radical (unpaired) electrons. The van der Waals surface area contributed by atoms with Gasteiger partial charge in [-0.25, -0.2) is 0 Å². The van der Waals surface area contributed by atoms with Gasteiger partial charge in [0.2, 0.25) is 17.2 Å². The molecular weight excluding hydrogens is 382 g/mol. The number of halogens is 1. The summed E-state index contributed by atoms with van der Waals surface area (Å²) in [5.41, 5.74) is 0. The van der Waals surface area contributed by atoms with Crippen LogP contribution in [0.2, 0.25) is 5.28 Å². The molecule has 0 aliphatic heterocycles. The summed E-state index contributed by atoms with van der Waals surface area (Å²) in [6.45, 7) is 12.9. The van der Waals surface area contributed by atoms with E-state index in [0.29, 0.717) is 5.28 Å². The lowest BCUT2D eigenvalue weighted by Crippen LogP contribution is -2.31. The van der Waals surface area contributed by atoms with Crippen LogP contribution in [0.1, 0.15) is 105 Å². The molecule has 0 unspecified atom stereocenters.